The number of hydrogen-bond donors (Lipinski definition) is 6. The van der Waals surface area contributed by atoms with E-state index in [1.165, 1.54) is 0 Å². The number of aliphatic hydroxyl groups excluding tert-OH is 1. The lowest BCUT2D eigenvalue weighted by Gasteiger charge is -2.13. The van der Waals surface area contributed by atoms with E-state index in [4.69, 9.17) is 32.7 Å². The van der Waals surface area contributed by atoms with Crippen molar-refractivity contribution < 1.29 is 19.1 Å². The van der Waals surface area contributed by atoms with E-state index in [1.54, 1.807) is 0 Å². The van der Waals surface area contributed by atoms with Crippen molar-refractivity contribution in [2.45, 2.75) is 6.42 Å². The van der Waals surface area contributed by atoms with E-state index in [9.17, 15) is 9.59 Å². The van der Waals surface area contributed by atoms with Crippen LogP contribution in [-0.4, -0.2) is 33.7 Å². The van der Waals surface area contributed by atoms with Crippen LogP contribution < -0.4 is 33.2 Å². The van der Waals surface area contributed by atoms with Gasteiger partial charge in [-0.2, -0.15) is 9.99 Å². The number of H-pyrrole nitrogens is 1. The second-order valence-electron chi connectivity index (χ2n) is 4.02. The molecule has 0 aliphatic carbocycles. The molecule has 10 N–H and O–H groups in total. The fourth-order valence-corrected chi connectivity index (χ4v) is 1.75. The molecule has 2 rings (SSSR count). The van der Waals surface area contributed by atoms with Crippen LogP contribution in [0.3, 0.4) is 0 Å². The molecule has 12 heteroatoms. The number of nitrogens with zero attached hydrogens (tertiary/aromatic N) is 3. The highest BCUT2D eigenvalue weighted by Gasteiger charge is 2.24. The maximum atomic E-state index is 11.1. The van der Waals surface area contributed by atoms with Crippen LogP contribution in [0.2, 0.25) is 0 Å². The molecule has 0 fully saturated rings. The number of aromatic amines is 1. The minimum atomic E-state index is -0.972. The van der Waals surface area contributed by atoms with Gasteiger partial charge in [0.2, 0.25) is 0 Å². The first kappa shape index (κ1) is 14.6. The zero-order chi connectivity index (χ0) is 15.7. The third-order valence-electron chi connectivity index (χ3n) is 2.70. The highest BCUT2D eigenvalue weighted by Crippen LogP contribution is 2.31. The largest absolute Gasteiger partial charge is 0.420 e. The number of urea groups is 2. The van der Waals surface area contributed by atoms with Crippen LogP contribution in [0.25, 0.3) is 11.2 Å². The van der Waals surface area contributed by atoms with Crippen LogP contribution in [-0.2, 0) is 6.42 Å². The number of fused-ring (bicyclic) bond motifs is 1. The minimum absolute atomic E-state index is 0.103. The van der Waals surface area contributed by atoms with E-state index in [-0.39, 0.29) is 36.1 Å². The zero-order valence-electron chi connectivity index (χ0n) is 10.7. The Labute approximate surface area is 117 Å². The van der Waals surface area contributed by atoms with Gasteiger partial charge in [-0.25, -0.2) is 26.3 Å². The monoisotopic (exact) mass is 298 g/mol. The maximum Gasteiger partial charge on any atom is 0.337 e. The van der Waals surface area contributed by atoms with E-state index < -0.39 is 12.1 Å². The summed E-state index contributed by atoms with van der Waals surface area (Å²) in [6.45, 7) is -0.245. The number of hydrogen-bond acceptors (Lipinski definition) is 7. The fraction of sp³-hybridized carbons (Fsp3) is 0.222. The van der Waals surface area contributed by atoms with Crippen molar-refractivity contribution in [3.8, 4) is 0 Å². The van der Waals surface area contributed by atoms with Crippen molar-refractivity contribution in [2.75, 3.05) is 16.6 Å². The Balaban J connectivity index is 2.54. The topological polar surface area (TPSA) is 207 Å². The Kier molecular flexibility index (Phi) is 3.66. The number of rotatable bonds is 4. The maximum absolute atomic E-state index is 11.1. The molecule has 0 aliphatic rings. The van der Waals surface area contributed by atoms with Gasteiger partial charge in [-0.15, -0.1) is 0 Å². The van der Waals surface area contributed by atoms with Crippen molar-refractivity contribution in [1.82, 2.24) is 9.97 Å². The van der Waals surface area contributed by atoms with Crippen molar-refractivity contribution in [3.05, 3.63) is 5.56 Å². The molecule has 0 aliphatic heterocycles. The van der Waals surface area contributed by atoms with Gasteiger partial charge in [-0.05, 0) is 0 Å². The molecule has 0 saturated carbocycles. The lowest BCUT2D eigenvalue weighted by atomic mass is 10.2. The summed E-state index contributed by atoms with van der Waals surface area (Å²) >= 11 is 0. The summed E-state index contributed by atoms with van der Waals surface area (Å²) in [5, 5.41) is 10.2. The summed E-state index contributed by atoms with van der Waals surface area (Å²) in [4.78, 5) is 28.7. The number of nitrogens with two attached hydrogens (primary N) is 4. The standard InChI is InChI=1S/C9H14N8O4/c10-7(19)16(12)6-3(1-2-18)4-5(14-6)15-9(21-4)17(13)8(11)20/h14,18H,1-2,12-13H2,(H2,10,19)(H2,11,20). The van der Waals surface area contributed by atoms with Crippen LogP contribution >= 0.6 is 0 Å². The third kappa shape index (κ3) is 2.45. The Morgan fingerprint density at radius 3 is 2.38 bits per heavy atom. The molecular weight excluding hydrogens is 284 g/mol. The summed E-state index contributed by atoms with van der Waals surface area (Å²) in [6, 6.07) is -2.14. The summed E-state index contributed by atoms with van der Waals surface area (Å²) in [6.07, 6.45) is 0.103. The van der Waals surface area contributed by atoms with Crippen LogP contribution in [0.15, 0.2) is 4.42 Å². The number of anilines is 2. The molecule has 0 radical (unpaired) electrons. The molecule has 0 unspecified atom stereocenters. The van der Waals surface area contributed by atoms with E-state index in [0.717, 1.165) is 0 Å². The molecule has 0 atom stereocenters. The number of hydrazine groups is 2. The first-order chi connectivity index (χ1) is 9.86. The Morgan fingerprint density at radius 2 is 1.86 bits per heavy atom. The number of primary amides is 2. The summed E-state index contributed by atoms with van der Waals surface area (Å²) in [5.41, 5.74) is 10.8. The van der Waals surface area contributed by atoms with Gasteiger partial charge >= 0.3 is 18.1 Å². The van der Waals surface area contributed by atoms with Gasteiger partial charge in [0.25, 0.3) is 0 Å². The average Bonchev–Trinajstić information content (AvgIpc) is 2.96. The molecule has 0 saturated heterocycles. The molecule has 12 nitrogen and oxygen atoms in total. The lowest BCUT2D eigenvalue weighted by Crippen LogP contribution is -2.42. The molecule has 2 aromatic heterocycles. The smallest absolute Gasteiger partial charge is 0.337 e. The summed E-state index contributed by atoms with van der Waals surface area (Å²) < 4.78 is 5.30. The Hall–Kier alpha value is -2.83. The number of aromatic nitrogens is 2. The number of oxazole rings is 1. The molecule has 0 aromatic carbocycles. The van der Waals surface area contributed by atoms with Gasteiger partial charge in [-0.3, -0.25) is 0 Å². The van der Waals surface area contributed by atoms with E-state index >= 15 is 0 Å². The van der Waals surface area contributed by atoms with Crippen molar-refractivity contribution >= 4 is 35.1 Å². The normalized spacial score (nSPS) is 10.8. The quantitative estimate of drug-likeness (QED) is 0.217. The molecule has 4 amide bonds. The van der Waals surface area contributed by atoms with Gasteiger partial charge in [0.1, 0.15) is 5.82 Å². The number of amides is 4. The second-order valence-corrected chi connectivity index (χ2v) is 4.02. The SMILES string of the molecule is NC(=O)N(N)c1nc2[nH]c(N(N)C(N)=O)c(CCO)c2o1. The van der Waals surface area contributed by atoms with E-state index in [1.807, 2.05) is 0 Å². The lowest BCUT2D eigenvalue weighted by molar-refractivity contribution is 0.252. The van der Waals surface area contributed by atoms with E-state index in [2.05, 4.69) is 9.97 Å². The van der Waals surface area contributed by atoms with Gasteiger partial charge in [0.15, 0.2) is 11.2 Å². The number of carbonyl (C=O) groups excluding carboxylic acids is 2. The second kappa shape index (κ2) is 5.28. The zero-order valence-corrected chi connectivity index (χ0v) is 10.7. The number of nitrogens with one attached hydrogen (secondary N) is 1. The van der Waals surface area contributed by atoms with Gasteiger partial charge < -0.3 is 26.0 Å². The van der Waals surface area contributed by atoms with Crippen molar-refractivity contribution in [1.29, 1.82) is 0 Å². The summed E-state index contributed by atoms with van der Waals surface area (Å²) in [7, 11) is 0. The number of aliphatic hydroxyl groups is 1. The molecular formula is C9H14N8O4. The predicted octanol–water partition coefficient (Wildman–Crippen LogP) is -1.79. The van der Waals surface area contributed by atoms with Gasteiger partial charge in [-0.1, -0.05) is 0 Å². The van der Waals surface area contributed by atoms with Gasteiger partial charge in [0.05, 0.1) is 0 Å². The van der Waals surface area contributed by atoms with Crippen LogP contribution in [0.1, 0.15) is 5.56 Å². The summed E-state index contributed by atoms with van der Waals surface area (Å²) in [5.74, 6) is 11.0. The Morgan fingerprint density at radius 1 is 1.24 bits per heavy atom. The molecule has 0 spiro atoms. The average molecular weight is 298 g/mol. The van der Waals surface area contributed by atoms with Crippen LogP contribution in [0, 0.1) is 0 Å². The molecule has 114 valence electrons. The Bertz CT molecular complexity index is 691. The molecule has 21 heavy (non-hydrogen) atoms. The van der Waals surface area contributed by atoms with Gasteiger partial charge in [0, 0.05) is 18.6 Å². The fourth-order valence-electron chi connectivity index (χ4n) is 1.75. The van der Waals surface area contributed by atoms with Crippen molar-refractivity contribution in [3.63, 3.8) is 0 Å². The first-order valence-electron chi connectivity index (χ1n) is 5.67. The highest BCUT2D eigenvalue weighted by atomic mass is 16.4. The molecule has 2 heterocycles. The van der Waals surface area contributed by atoms with Crippen LogP contribution in [0.5, 0.6) is 0 Å². The minimum Gasteiger partial charge on any atom is -0.420 e. The highest BCUT2D eigenvalue weighted by molar-refractivity contribution is 5.94. The molecule has 0 bridgehead atoms. The van der Waals surface area contributed by atoms with Crippen LogP contribution in [0.4, 0.5) is 21.4 Å². The first-order valence-corrected chi connectivity index (χ1v) is 5.67. The van der Waals surface area contributed by atoms with Crippen molar-refractivity contribution in [2.24, 2.45) is 23.2 Å². The number of carbonyl (C=O) groups is 2. The van der Waals surface area contributed by atoms with E-state index in [0.29, 0.717) is 15.6 Å². The third-order valence-corrected chi connectivity index (χ3v) is 2.70. The molecule has 2 aromatic rings. The predicted molar refractivity (Wildman–Crippen MR) is 71.6 cm³/mol.